The molecule has 8 heteroatoms. The van der Waals surface area contributed by atoms with Crippen molar-refractivity contribution in [2.45, 2.75) is 25.3 Å². The number of fused-ring (bicyclic) bond motifs is 1. The minimum Gasteiger partial charge on any atom is -0.396 e. The van der Waals surface area contributed by atoms with Crippen molar-refractivity contribution in [3.05, 3.63) is 47.0 Å². The van der Waals surface area contributed by atoms with E-state index in [0.717, 1.165) is 12.8 Å². The quantitative estimate of drug-likeness (QED) is 0.819. The first-order valence-corrected chi connectivity index (χ1v) is 10.4. The predicted octanol–water partition coefficient (Wildman–Crippen LogP) is 1.85. The smallest absolute Gasteiger partial charge is 0.273 e. The maximum Gasteiger partial charge on any atom is 0.273 e. The molecule has 3 heterocycles. The molecule has 7 nitrogen and oxygen atoms in total. The molecule has 148 valence electrons. The van der Waals surface area contributed by atoms with E-state index in [1.807, 2.05) is 18.2 Å². The summed E-state index contributed by atoms with van der Waals surface area (Å²) in [5.74, 6) is -0.215. The molecule has 0 bridgehead atoms. The molecule has 4 rings (SSSR count). The Hall–Kier alpha value is -2.45. The fraction of sp³-hybridized carbons (Fsp3) is 0.450. The van der Waals surface area contributed by atoms with Gasteiger partial charge in [-0.3, -0.25) is 9.59 Å². The highest BCUT2D eigenvalue weighted by Gasteiger charge is 2.50. The normalized spacial score (nSPS) is 24.7. The van der Waals surface area contributed by atoms with Gasteiger partial charge < -0.3 is 20.6 Å². The first-order chi connectivity index (χ1) is 13.5. The van der Waals surface area contributed by atoms with E-state index in [0.29, 0.717) is 42.4 Å². The zero-order valence-electron chi connectivity index (χ0n) is 15.6. The predicted molar refractivity (Wildman–Crippen MR) is 107 cm³/mol. The van der Waals surface area contributed by atoms with E-state index >= 15 is 0 Å². The van der Waals surface area contributed by atoms with E-state index in [4.69, 9.17) is 5.73 Å². The second-order valence-corrected chi connectivity index (χ2v) is 8.47. The van der Waals surface area contributed by atoms with E-state index < -0.39 is 0 Å². The molecule has 2 aromatic rings. The lowest BCUT2D eigenvalue weighted by atomic mass is 9.68. The van der Waals surface area contributed by atoms with Gasteiger partial charge in [0, 0.05) is 36.0 Å². The van der Waals surface area contributed by atoms with Crippen LogP contribution in [0.15, 0.2) is 35.7 Å². The number of thiazole rings is 1. The summed E-state index contributed by atoms with van der Waals surface area (Å²) < 4.78 is 0. The number of nitrogens with two attached hydrogens (primary N) is 1. The van der Waals surface area contributed by atoms with Crippen LogP contribution in [0.2, 0.25) is 0 Å². The number of carbonyl (C=O) groups excluding carboxylic acids is 2. The van der Waals surface area contributed by atoms with Crippen molar-refractivity contribution in [2.24, 2.45) is 5.41 Å². The Balaban J connectivity index is 1.61. The number of piperidine rings is 2. The Morgan fingerprint density at radius 1 is 1.21 bits per heavy atom. The lowest BCUT2D eigenvalue weighted by molar-refractivity contribution is -0.0580. The number of amides is 2. The summed E-state index contributed by atoms with van der Waals surface area (Å²) in [6.07, 6.45) is 2.36. The second kappa shape index (κ2) is 7.52. The fourth-order valence-corrected chi connectivity index (χ4v) is 5.02. The zero-order chi connectivity index (χ0) is 19.7. The van der Waals surface area contributed by atoms with Gasteiger partial charge in [-0.05, 0) is 31.4 Å². The maximum atomic E-state index is 13.1. The molecule has 0 spiro atoms. The largest absolute Gasteiger partial charge is 0.396 e. The number of nitrogen functional groups attached to an aromatic ring is 1. The third-order valence-corrected chi connectivity index (χ3v) is 6.73. The molecule has 2 atom stereocenters. The molecule has 2 amide bonds. The summed E-state index contributed by atoms with van der Waals surface area (Å²) in [5, 5.41) is 12.2. The number of anilines is 1. The van der Waals surface area contributed by atoms with Crippen molar-refractivity contribution < 1.29 is 14.7 Å². The summed E-state index contributed by atoms with van der Waals surface area (Å²) in [7, 11) is 0. The molecule has 0 saturated carbocycles. The Bertz CT molecular complexity index is 871. The average molecular weight is 401 g/mol. The van der Waals surface area contributed by atoms with Crippen molar-refractivity contribution in [3.63, 3.8) is 0 Å². The molecule has 0 radical (unpaired) electrons. The molecule has 1 aromatic heterocycles. The van der Waals surface area contributed by atoms with Gasteiger partial charge in [-0.25, -0.2) is 4.98 Å². The summed E-state index contributed by atoms with van der Waals surface area (Å²) in [4.78, 5) is 33.8. The van der Waals surface area contributed by atoms with Gasteiger partial charge in [0.25, 0.3) is 11.8 Å². The number of rotatable bonds is 3. The molecule has 0 unspecified atom stereocenters. The van der Waals surface area contributed by atoms with Gasteiger partial charge in [0.05, 0.1) is 12.6 Å². The molecule has 3 N–H and O–H groups in total. The molecule has 0 aliphatic carbocycles. The van der Waals surface area contributed by atoms with Crippen LogP contribution in [-0.2, 0) is 0 Å². The van der Waals surface area contributed by atoms with Crippen molar-refractivity contribution >= 4 is 28.3 Å². The third-order valence-electron chi connectivity index (χ3n) is 6.05. The van der Waals surface area contributed by atoms with E-state index in [-0.39, 0.29) is 29.9 Å². The lowest BCUT2D eigenvalue weighted by Gasteiger charge is -2.54. The number of aliphatic hydroxyl groups is 1. The highest BCUT2D eigenvalue weighted by atomic mass is 32.1. The van der Waals surface area contributed by atoms with Crippen LogP contribution in [0.4, 0.5) is 5.13 Å². The van der Waals surface area contributed by atoms with Crippen LogP contribution in [0, 0.1) is 5.41 Å². The molecule has 2 saturated heterocycles. The monoisotopic (exact) mass is 400 g/mol. The summed E-state index contributed by atoms with van der Waals surface area (Å²) in [6.45, 7) is 1.60. The summed E-state index contributed by atoms with van der Waals surface area (Å²) in [6, 6.07) is 8.94. The molecule has 1 aromatic carbocycles. The van der Waals surface area contributed by atoms with Gasteiger partial charge in [-0.2, -0.15) is 0 Å². The molecule has 2 fully saturated rings. The highest BCUT2D eigenvalue weighted by Crippen LogP contribution is 2.43. The van der Waals surface area contributed by atoms with Gasteiger partial charge in [0.15, 0.2) is 5.13 Å². The second-order valence-electron chi connectivity index (χ2n) is 7.58. The number of hydrogen-bond acceptors (Lipinski definition) is 6. The lowest BCUT2D eigenvalue weighted by Crippen LogP contribution is -2.64. The summed E-state index contributed by atoms with van der Waals surface area (Å²) in [5.41, 5.74) is 6.30. The van der Waals surface area contributed by atoms with Crippen LogP contribution in [0.5, 0.6) is 0 Å². The van der Waals surface area contributed by atoms with Gasteiger partial charge in [-0.1, -0.05) is 18.2 Å². The number of nitrogens with zero attached hydrogens (tertiary/aromatic N) is 3. The Labute approximate surface area is 167 Å². The Kier molecular flexibility index (Phi) is 5.07. The van der Waals surface area contributed by atoms with Crippen LogP contribution in [0.3, 0.4) is 0 Å². The molecule has 28 heavy (non-hydrogen) atoms. The van der Waals surface area contributed by atoms with Crippen LogP contribution >= 0.6 is 11.3 Å². The number of aliphatic hydroxyl groups excluding tert-OH is 1. The average Bonchev–Trinajstić information content (AvgIpc) is 3.18. The van der Waals surface area contributed by atoms with Gasteiger partial charge in [0.2, 0.25) is 0 Å². The zero-order valence-corrected chi connectivity index (χ0v) is 16.4. The van der Waals surface area contributed by atoms with Crippen LogP contribution < -0.4 is 5.73 Å². The fourth-order valence-electron chi connectivity index (χ4n) is 4.48. The first kappa shape index (κ1) is 18.9. The third kappa shape index (κ3) is 3.27. The van der Waals surface area contributed by atoms with E-state index in [9.17, 15) is 14.7 Å². The SMILES string of the molecule is Nc1nc(C(=O)N2CCC[C@@]3(CO)CCN(C(=O)c4ccccc4)C[C@H]23)cs1. The van der Waals surface area contributed by atoms with Gasteiger partial charge in [0.1, 0.15) is 5.69 Å². The van der Waals surface area contributed by atoms with E-state index in [1.54, 1.807) is 27.3 Å². The Morgan fingerprint density at radius 3 is 2.68 bits per heavy atom. The maximum absolute atomic E-state index is 13.1. The number of hydrogen-bond donors (Lipinski definition) is 2. The van der Waals surface area contributed by atoms with Crippen LogP contribution in [0.25, 0.3) is 0 Å². The van der Waals surface area contributed by atoms with Gasteiger partial charge >= 0.3 is 0 Å². The number of likely N-dealkylation sites (tertiary alicyclic amines) is 2. The minimum atomic E-state index is -0.372. The van der Waals surface area contributed by atoms with Crippen molar-refractivity contribution in [3.8, 4) is 0 Å². The first-order valence-electron chi connectivity index (χ1n) is 9.51. The standard InChI is InChI=1S/C20H24N4O3S/c21-19-22-15(12-28-19)18(27)24-9-4-7-20(13-25)8-10-23(11-16(20)24)17(26)14-5-2-1-3-6-14/h1-3,5-6,12,16,25H,4,7-11,13H2,(H2,21,22)/t16-,20-/m0/s1. The Morgan fingerprint density at radius 2 is 2.00 bits per heavy atom. The highest BCUT2D eigenvalue weighted by molar-refractivity contribution is 7.13. The number of aromatic nitrogens is 1. The molecular formula is C20H24N4O3S. The molecular weight excluding hydrogens is 376 g/mol. The van der Waals surface area contributed by atoms with Crippen LogP contribution in [-0.4, -0.2) is 64.0 Å². The number of benzene rings is 1. The minimum absolute atomic E-state index is 0.00795. The summed E-state index contributed by atoms with van der Waals surface area (Å²) >= 11 is 1.24. The molecule has 2 aliphatic rings. The van der Waals surface area contributed by atoms with E-state index in [2.05, 4.69) is 4.98 Å². The van der Waals surface area contributed by atoms with Gasteiger partial charge in [-0.15, -0.1) is 11.3 Å². The van der Waals surface area contributed by atoms with Crippen molar-refractivity contribution in [1.82, 2.24) is 14.8 Å². The molecule has 2 aliphatic heterocycles. The van der Waals surface area contributed by atoms with Crippen molar-refractivity contribution in [1.29, 1.82) is 0 Å². The van der Waals surface area contributed by atoms with Crippen molar-refractivity contribution in [2.75, 3.05) is 32.0 Å². The number of carbonyl (C=O) groups is 2. The van der Waals surface area contributed by atoms with E-state index in [1.165, 1.54) is 11.3 Å². The topological polar surface area (TPSA) is 99.8 Å². The van der Waals surface area contributed by atoms with Crippen LogP contribution in [0.1, 0.15) is 40.1 Å².